The number of ketones is 1. The first-order valence-corrected chi connectivity index (χ1v) is 4.98. The minimum atomic E-state index is -0.742. The Kier molecular flexibility index (Phi) is 3.34. The standard InChI is InChI=1S/C7H4Br2FNO/c8-3-5(12)4-1-2-6(9)11-7(4)10/h1-2H,3H2. The van der Waals surface area contributed by atoms with E-state index in [9.17, 15) is 9.18 Å². The van der Waals surface area contributed by atoms with Crippen molar-refractivity contribution in [3.63, 3.8) is 0 Å². The fourth-order valence-electron chi connectivity index (χ4n) is 0.692. The minimum absolute atomic E-state index is 0.00933. The molecule has 1 aromatic heterocycles. The number of hydrogen-bond acceptors (Lipinski definition) is 2. The molecule has 0 aliphatic rings. The topological polar surface area (TPSA) is 30.0 Å². The summed E-state index contributed by atoms with van der Waals surface area (Å²) in [6.07, 6.45) is 0. The summed E-state index contributed by atoms with van der Waals surface area (Å²) in [6.45, 7) is 0. The number of halogens is 3. The van der Waals surface area contributed by atoms with Gasteiger partial charge < -0.3 is 0 Å². The van der Waals surface area contributed by atoms with Gasteiger partial charge in [0.15, 0.2) is 5.78 Å². The maximum atomic E-state index is 12.9. The lowest BCUT2D eigenvalue weighted by Crippen LogP contribution is -2.04. The molecule has 0 radical (unpaired) electrons. The summed E-state index contributed by atoms with van der Waals surface area (Å²) in [7, 11) is 0. The van der Waals surface area contributed by atoms with Crippen LogP contribution in [-0.2, 0) is 0 Å². The molecule has 0 bridgehead atoms. The molecule has 0 aliphatic carbocycles. The van der Waals surface area contributed by atoms with Crippen LogP contribution in [0.25, 0.3) is 0 Å². The monoisotopic (exact) mass is 295 g/mol. The quantitative estimate of drug-likeness (QED) is 0.477. The second-order valence-corrected chi connectivity index (χ2v) is 3.40. The first kappa shape index (κ1) is 9.80. The number of alkyl halides is 1. The Morgan fingerprint density at radius 2 is 2.25 bits per heavy atom. The van der Waals surface area contributed by atoms with Gasteiger partial charge in [-0.2, -0.15) is 4.39 Å². The van der Waals surface area contributed by atoms with Crippen molar-refractivity contribution >= 4 is 37.6 Å². The molecular weight excluding hydrogens is 293 g/mol. The molecule has 0 saturated carbocycles. The van der Waals surface area contributed by atoms with Gasteiger partial charge in [0.1, 0.15) is 4.60 Å². The van der Waals surface area contributed by atoms with Gasteiger partial charge in [-0.3, -0.25) is 4.79 Å². The molecule has 0 fully saturated rings. The molecule has 64 valence electrons. The van der Waals surface area contributed by atoms with Crippen molar-refractivity contribution in [2.24, 2.45) is 0 Å². The minimum Gasteiger partial charge on any atom is -0.293 e. The van der Waals surface area contributed by atoms with E-state index in [-0.39, 0.29) is 16.7 Å². The van der Waals surface area contributed by atoms with E-state index < -0.39 is 5.95 Å². The van der Waals surface area contributed by atoms with E-state index in [0.717, 1.165) is 0 Å². The molecular formula is C7H4Br2FNO. The van der Waals surface area contributed by atoms with Crippen molar-refractivity contribution in [3.05, 3.63) is 28.2 Å². The van der Waals surface area contributed by atoms with Crippen LogP contribution in [0.1, 0.15) is 10.4 Å². The fourth-order valence-corrected chi connectivity index (χ4v) is 1.28. The van der Waals surface area contributed by atoms with E-state index in [0.29, 0.717) is 4.60 Å². The number of hydrogen-bond donors (Lipinski definition) is 0. The predicted molar refractivity (Wildman–Crippen MR) is 50.0 cm³/mol. The van der Waals surface area contributed by atoms with Gasteiger partial charge in [-0.05, 0) is 28.1 Å². The Morgan fingerprint density at radius 1 is 1.58 bits per heavy atom. The molecule has 1 rings (SSSR count). The number of Topliss-reactive ketones (excluding diaryl/α,β-unsaturated/α-hetero) is 1. The van der Waals surface area contributed by atoms with Crippen LogP contribution in [0.4, 0.5) is 4.39 Å². The molecule has 0 aromatic carbocycles. The summed E-state index contributed by atoms with van der Waals surface area (Å²) >= 11 is 5.94. The van der Waals surface area contributed by atoms with Crippen LogP contribution < -0.4 is 0 Å². The Labute approximate surface area is 85.4 Å². The van der Waals surface area contributed by atoms with Gasteiger partial charge in [0.2, 0.25) is 5.95 Å². The molecule has 0 aliphatic heterocycles. The van der Waals surface area contributed by atoms with Gasteiger partial charge in [0, 0.05) is 0 Å². The summed E-state index contributed by atoms with van der Waals surface area (Å²) in [5.74, 6) is -1.05. The van der Waals surface area contributed by atoms with Crippen molar-refractivity contribution in [3.8, 4) is 0 Å². The SMILES string of the molecule is O=C(CBr)c1ccc(Br)nc1F. The van der Waals surface area contributed by atoms with E-state index in [2.05, 4.69) is 36.8 Å². The zero-order chi connectivity index (χ0) is 9.14. The molecule has 0 atom stereocenters. The highest BCUT2D eigenvalue weighted by molar-refractivity contribution is 9.10. The largest absolute Gasteiger partial charge is 0.293 e. The zero-order valence-corrected chi connectivity index (χ0v) is 9.02. The summed E-state index contributed by atoms with van der Waals surface area (Å²) in [4.78, 5) is 14.5. The van der Waals surface area contributed by atoms with Crippen molar-refractivity contribution in [2.75, 3.05) is 5.33 Å². The summed E-state index contributed by atoms with van der Waals surface area (Å²) in [6, 6.07) is 2.93. The van der Waals surface area contributed by atoms with E-state index in [1.165, 1.54) is 12.1 Å². The summed E-state index contributed by atoms with van der Waals surface area (Å²) in [5.41, 5.74) is 0.00933. The van der Waals surface area contributed by atoms with Crippen LogP contribution in [0.15, 0.2) is 16.7 Å². The zero-order valence-electron chi connectivity index (χ0n) is 5.85. The Morgan fingerprint density at radius 3 is 2.75 bits per heavy atom. The Balaban J connectivity index is 3.09. The maximum absolute atomic E-state index is 12.9. The van der Waals surface area contributed by atoms with Gasteiger partial charge in [-0.25, -0.2) is 4.98 Å². The normalized spacial score (nSPS) is 9.92. The number of pyridine rings is 1. The molecule has 1 heterocycles. The third-order valence-electron chi connectivity index (χ3n) is 1.24. The van der Waals surface area contributed by atoms with E-state index in [1.54, 1.807) is 0 Å². The average Bonchev–Trinajstić information content (AvgIpc) is 2.03. The molecule has 0 saturated heterocycles. The number of carbonyl (C=O) groups excluding carboxylic acids is 1. The van der Waals surface area contributed by atoms with Crippen molar-refractivity contribution < 1.29 is 9.18 Å². The Bertz CT molecular complexity index is 316. The molecule has 12 heavy (non-hydrogen) atoms. The van der Waals surface area contributed by atoms with Crippen LogP contribution in [0.2, 0.25) is 0 Å². The van der Waals surface area contributed by atoms with E-state index in [4.69, 9.17) is 0 Å². The van der Waals surface area contributed by atoms with E-state index >= 15 is 0 Å². The van der Waals surface area contributed by atoms with Crippen LogP contribution in [0, 0.1) is 5.95 Å². The highest BCUT2D eigenvalue weighted by Gasteiger charge is 2.10. The molecule has 0 spiro atoms. The molecule has 0 N–H and O–H groups in total. The summed E-state index contributed by atoms with van der Waals surface area (Å²) < 4.78 is 13.3. The highest BCUT2D eigenvalue weighted by Crippen LogP contribution is 2.11. The lowest BCUT2D eigenvalue weighted by molar-refractivity contribution is 0.101. The second kappa shape index (κ2) is 4.09. The van der Waals surface area contributed by atoms with Crippen molar-refractivity contribution in [2.45, 2.75) is 0 Å². The molecule has 0 amide bonds. The van der Waals surface area contributed by atoms with Gasteiger partial charge in [0.25, 0.3) is 0 Å². The fraction of sp³-hybridized carbons (Fsp3) is 0.143. The van der Waals surface area contributed by atoms with Gasteiger partial charge in [-0.1, -0.05) is 15.9 Å². The molecule has 5 heteroatoms. The molecule has 1 aromatic rings. The first-order valence-electron chi connectivity index (χ1n) is 3.06. The van der Waals surface area contributed by atoms with Gasteiger partial charge in [0.05, 0.1) is 10.9 Å². The second-order valence-electron chi connectivity index (χ2n) is 2.03. The number of aromatic nitrogens is 1. The first-order chi connectivity index (χ1) is 5.65. The lowest BCUT2D eigenvalue weighted by atomic mass is 10.2. The smallest absolute Gasteiger partial charge is 0.224 e. The van der Waals surface area contributed by atoms with E-state index in [1.807, 2.05) is 0 Å². The highest BCUT2D eigenvalue weighted by atomic mass is 79.9. The Hall–Kier alpha value is -0.290. The van der Waals surface area contributed by atoms with Crippen LogP contribution in [0.3, 0.4) is 0 Å². The lowest BCUT2D eigenvalue weighted by Gasteiger charge is -1.97. The average molecular weight is 297 g/mol. The van der Waals surface area contributed by atoms with Crippen molar-refractivity contribution in [1.29, 1.82) is 0 Å². The van der Waals surface area contributed by atoms with Crippen molar-refractivity contribution in [1.82, 2.24) is 4.98 Å². The number of rotatable bonds is 2. The van der Waals surface area contributed by atoms with Crippen LogP contribution in [0.5, 0.6) is 0 Å². The van der Waals surface area contributed by atoms with Crippen LogP contribution >= 0.6 is 31.9 Å². The number of nitrogens with zero attached hydrogens (tertiary/aromatic N) is 1. The van der Waals surface area contributed by atoms with Gasteiger partial charge >= 0.3 is 0 Å². The summed E-state index contributed by atoms with van der Waals surface area (Å²) in [5, 5.41) is 0.104. The third-order valence-corrected chi connectivity index (χ3v) is 2.19. The predicted octanol–water partition coefficient (Wildman–Crippen LogP) is 2.56. The third kappa shape index (κ3) is 2.10. The molecule has 0 unspecified atom stereocenters. The number of carbonyl (C=O) groups is 1. The maximum Gasteiger partial charge on any atom is 0.224 e. The van der Waals surface area contributed by atoms with Crippen LogP contribution in [-0.4, -0.2) is 16.1 Å². The van der Waals surface area contributed by atoms with Gasteiger partial charge in [-0.15, -0.1) is 0 Å². The molecule has 2 nitrogen and oxygen atoms in total.